The van der Waals surface area contributed by atoms with E-state index in [9.17, 15) is 13.5 Å². The lowest BCUT2D eigenvalue weighted by Gasteiger charge is -2.11. The van der Waals surface area contributed by atoms with Gasteiger partial charge in [0.25, 0.3) is 0 Å². The Morgan fingerprint density at radius 1 is 1.00 bits per heavy atom. The molecule has 1 unspecified atom stereocenters. The fourth-order valence-corrected chi connectivity index (χ4v) is 3.29. The number of hydrogen-bond donors (Lipinski definition) is 1. The zero-order valence-corrected chi connectivity index (χ0v) is 12.2. The first kappa shape index (κ1) is 14.8. The first-order chi connectivity index (χ1) is 9.49. The maximum atomic E-state index is 12.2. The predicted molar refractivity (Wildman–Crippen MR) is 79.3 cm³/mol. The summed E-state index contributed by atoms with van der Waals surface area (Å²) in [5.41, 5.74) is 1.76. The van der Waals surface area contributed by atoms with Gasteiger partial charge in [0.2, 0.25) is 0 Å². The SMILES string of the molecule is Cc1ccc(S(=O)(=O)CCC(O)c2ccccc2)cc1. The second-order valence-electron chi connectivity index (χ2n) is 4.85. The van der Waals surface area contributed by atoms with Crippen molar-refractivity contribution in [2.24, 2.45) is 0 Å². The molecule has 0 heterocycles. The van der Waals surface area contributed by atoms with Gasteiger partial charge in [-0.25, -0.2) is 8.42 Å². The minimum absolute atomic E-state index is 0.0634. The number of sulfone groups is 1. The van der Waals surface area contributed by atoms with E-state index in [1.165, 1.54) is 0 Å². The van der Waals surface area contributed by atoms with Crippen molar-refractivity contribution < 1.29 is 13.5 Å². The summed E-state index contributed by atoms with van der Waals surface area (Å²) in [5.74, 6) is -0.0634. The van der Waals surface area contributed by atoms with Crippen LogP contribution in [0.2, 0.25) is 0 Å². The topological polar surface area (TPSA) is 54.4 Å². The first-order valence-corrected chi connectivity index (χ1v) is 8.17. The molecule has 0 aliphatic heterocycles. The zero-order valence-electron chi connectivity index (χ0n) is 11.4. The van der Waals surface area contributed by atoms with Gasteiger partial charge in [0.15, 0.2) is 9.84 Å². The highest BCUT2D eigenvalue weighted by Crippen LogP contribution is 2.20. The van der Waals surface area contributed by atoms with Crippen LogP contribution in [0.3, 0.4) is 0 Å². The first-order valence-electron chi connectivity index (χ1n) is 6.51. The van der Waals surface area contributed by atoms with Crippen LogP contribution in [0.25, 0.3) is 0 Å². The summed E-state index contributed by atoms with van der Waals surface area (Å²) >= 11 is 0. The standard InChI is InChI=1S/C16H18O3S/c1-13-7-9-15(10-8-13)20(18,19)12-11-16(17)14-5-3-2-4-6-14/h2-10,16-17H,11-12H2,1H3. The van der Waals surface area contributed by atoms with Crippen LogP contribution >= 0.6 is 0 Å². The monoisotopic (exact) mass is 290 g/mol. The van der Waals surface area contributed by atoms with Gasteiger partial charge < -0.3 is 5.11 Å². The molecule has 0 spiro atoms. The highest BCUT2D eigenvalue weighted by Gasteiger charge is 2.17. The Kier molecular flexibility index (Phi) is 4.57. The third kappa shape index (κ3) is 3.68. The molecule has 20 heavy (non-hydrogen) atoms. The summed E-state index contributed by atoms with van der Waals surface area (Å²) in [6.07, 6.45) is -0.559. The van der Waals surface area contributed by atoms with E-state index >= 15 is 0 Å². The molecule has 0 saturated heterocycles. The van der Waals surface area contributed by atoms with Crippen LogP contribution in [0.15, 0.2) is 59.5 Å². The Labute approximate surface area is 119 Å². The van der Waals surface area contributed by atoms with Crippen molar-refractivity contribution >= 4 is 9.84 Å². The molecule has 0 radical (unpaired) electrons. The van der Waals surface area contributed by atoms with Crippen LogP contribution in [0, 0.1) is 6.92 Å². The molecule has 4 heteroatoms. The third-order valence-corrected chi connectivity index (χ3v) is 4.99. The van der Waals surface area contributed by atoms with Gasteiger partial charge in [0, 0.05) is 0 Å². The zero-order chi connectivity index (χ0) is 14.6. The molecule has 0 bridgehead atoms. The summed E-state index contributed by atoms with van der Waals surface area (Å²) in [4.78, 5) is 0.309. The molecule has 1 atom stereocenters. The highest BCUT2D eigenvalue weighted by atomic mass is 32.2. The normalized spacial score (nSPS) is 13.1. The molecule has 0 aliphatic rings. The molecule has 2 rings (SSSR count). The second kappa shape index (κ2) is 6.20. The average molecular weight is 290 g/mol. The van der Waals surface area contributed by atoms with Crippen LogP contribution in [0.1, 0.15) is 23.7 Å². The van der Waals surface area contributed by atoms with Crippen LogP contribution in [-0.2, 0) is 9.84 Å². The van der Waals surface area contributed by atoms with Gasteiger partial charge in [0.05, 0.1) is 16.8 Å². The molecule has 0 saturated carbocycles. The molecule has 0 amide bonds. The molecule has 2 aromatic carbocycles. The van der Waals surface area contributed by atoms with E-state index in [2.05, 4.69) is 0 Å². The summed E-state index contributed by atoms with van der Waals surface area (Å²) in [6, 6.07) is 15.9. The number of hydrogen-bond acceptors (Lipinski definition) is 3. The van der Waals surface area contributed by atoms with Crippen molar-refractivity contribution in [2.45, 2.75) is 24.3 Å². The lowest BCUT2D eigenvalue weighted by Crippen LogP contribution is -2.10. The predicted octanol–water partition coefficient (Wildman–Crippen LogP) is 2.89. The maximum absolute atomic E-state index is 12.2. The van der Waals surface area contributed by atoms with Gasteiger partial charge in [-0.2, -0.15) is 0 Å². The quantitative estimate of drug-likeness (QED) is 0.921. The molecule has 0 aromatic heterocycles. The number of aliphatic hydroxyl groups is 1. The summed E-state index contributed by atoms with van der Waals surface area (Å²) in [6.45, 7) is 1.91. The fraction of sp³-hybridized carbons (Fsp3) is 0.250. The Hall–Kier alpha value is -1.65. The number of aliphatic hydroxyl groups excluding tert-OH is 1. The summed E-state index contributed by atoms with van der Waals surface area (Å²) in [7, 11) is -3.34. The van der Waals surface area contributed by atoms with Crippen molar-refractivity contribution in [3.63, 3.8) is 0 Å². The molecular formula is C16H18O3S. The van der Waals surface area contributed by atoms with E-state index in [0.717, 1.165) is 11.1 Å². The van der Waals surface area contributed by atoms with Gasteiger partial charge in [0.1, 0.15) is 0 Å². The molecule has 0 fully saturated rings. The lowest BCUT2D eigenvalue weighted by atomic mass is 10.1. The van der Waals surface area contributed by atoms with Crippen molar-refractivity contribution in [3.8, 4) is 0 Å². The van der Waals surface area contributed by atoms with Crippen LogP contribution < -0.4 is 0 Å². The Morgan fingerprint density at radius 3 is 2.20 bits per heavy atom. The highest BCUT2D eigenvalue weighted by molar-refractivity contribution is 7.91. The maximum Gasteiger partial charge on any atom is 0.178 e. The van der Waals surface area contributed by atoms with E-state index in [4.69, 9.17) is 0 Å². The molecule has 3 nitrogen and oxygen atoms in total. The lowest BCUT2D eigenvalue weighted by molar-refractivity contribution is 0.174. The smallest absolute Gasteiger partial charge is 0.178 e. The molecule has 0 aliphatic carbocycles. The Bertz CT molecular complexity index is 646. The average Bonchev–Trinajstić information content (AvgIpc) is 2.46. The van der Waals surface area contributed by atoms with Crippen molar-refractivity contribution in [1.82, 2.24) is 0 Å². The molecule has 1 N–H and O–H groups in total. The van der Waals surface area contributed by atoms with E-state index in [0.29, 0.717) is 4.90 Å². The van der Waals surface area contributed by atoms with E-state index in [-0.39, 0.29) is 12.2 Å². The van der Waals surface area contributed by atoms with Crippen LogP contribution in [0.5, 0.6) is 0 Å². The third-order valence-electron chi connectivity index (χ3n) is 3.22. The number of rotatable bonds is 5. The minimum atomic E-state index is -3.34. The largest absolute Gasteiger partial charge is 0.388 e. The number of aryl methyl sites for hydroxylation is 1. The van der Waals surface area contributed by atoms with Crippen LogP contribution in [0.4, 0.5) is 0 Å². The Balaban J connectivity index is 2.04. The van der Waals surface area contributed by atoms with Crippen molar-refractivity contribution in [3.05, 3.63) is 65.7 Å². The molecular weight excluding hydrogens is 272 g/mol. The van der Waals surface area contributed by atoms with Gasteiger partial charge >= 0.3 is 0 Å². The summed E-state index contributed by atoms with van der Waals surface area (Å²) < 4.78 is 24.3. The minimum Gasteiger partial charge on any atom is -0.388 e. The van der Waals surface area contributed by atoms with Crippen molar-refractivity contribution in [1.29, 1.82) is 0 Å². The number of benzene rings is 2. The Morgan fingerprint density at radius 2 is 1.60 bits per heavy atom. The molecule has 106 valence electrons. The van der Waals surface area contributed by atoms with Gasteiger partial charge in [-0.05, 0) is 31.0 Å². The fourth-order valence-electron chi connectivity index (χ4n) is 1.97. The van der Waals surface area contributed by atoms with E-state index in [1.54, 1.807) is 36.4 Å². The van der Waals surface area contributed by atoms with Crippen LogP contribution in [-0.4, -0.2) is 19.3 Å². The second-order valence-corrected chi connectivity index (χ2v) is 6.96. The van der Waals surface area contributed by atoms with Gasteiger partial charge in [-0.1, -0.05) is 48.0 Å². The van der Waals surface area contributed by atoms with Crippen molar-refractivity contribution in [2.75, 3.05) is 5.75 Å². The summed E-state index contributed by atoms with van der Waals surface area (Å²) in [5, 5.41) is 10.0. The van der Waals surface area contributed by atoms with E-state index in [1.807, 2.05) is 25.1 Å². The van der Waals surface area contributed by atoms with Gasteiger partial charge in [-0.15, -0.1) is 0 Å². The van der Waals surface area contributed by atoms with E-state index < -0.39 is 15.9 Å². The molecule has 2 aromatic rings. The van der Waals surface area contributed by atoms with Gasteiger partial charge in [-0.3, -0.25) is 0 Å².